The van der Waals surface area contributed by atoms with E-state index in [-0.39, 0.29) is 13.0 Å². The number of aliphatic carboxylic acids is 1. The van der Waals surface area contributed by atoms with Crippen molar-refractivity contribution in [3.63, 3.8) is 0 Å². The second kappa shape index (κ2) is 4.51. The number of aromatic nitrogens is 3. The van der Waals surface area contributed by atoms with E-state index in [0.717, 1.165) is 5.52 Å². The van der Waals surface area contributed by atoms with Crippen molar-refractivity contribution in [1.82, 2.24) is 19.9 Å². The number of hydrogen-bond acceptors (Lipinski definition) is 4. The second-order valence-corrected chi connectivity index (χ2v) is 5.16. The summed E-state index contributed by atoms with van der Waals surface area (Å²) in [5, 5.41) is 16.6. The average Bonchev–Trinajstić information content (AvgIpc) is 3.03. The molecule has 1 N–H and O–H groups in total. The number of alkyl halides is 1. The molecule has 1 saturated heterocycles. The Morgan fingerprint density at radius 2 is 2.19 bits per heavy atom. The van der Waals surface area contributed by atoms with Crippen LogP contribution in [-0.4, -0.2) is 55.6 Å². The quantitative estimate of drug-likeness (QED) is 0.876. The van der Waals surface area contributed by atoms with E-state index in [2.05, 4.69) is 10.3 Å². The van der Waals surface area contributed by atoms with Crippen molar-refractivity contribution in [2.45, 2.75) is 12.1 Å². The largest absolute Gasteiger partial charge is 0.479 e. The summed E-state index contributed by atoms with van der Waals surface area (Å²) in [6.07, 6.45) is -0.193. The molecular formula is C13H13FN4O3. The molecule has 1 aromatic heterocycles. The summed E-state index contributed by atoms with van der Waals surface area (Å²) in [5.74, 6) is -1.93. The van der Waals surface area contributed by atoms with Crippen LogP contribution in [-0.2, 0) is 11.8 Å². The molecule has 3 rings (SSSR count). The van der Waals surface area contributed by atoms with Crippen molar-refractivity contribution in [2.24, 2.45) is 7.05 Å². The molecule has 1 fully saturated rings. The van der Waals surface area contributed by atoms with Crippen LogP contribution < -0.4 is 0 Å². The molecule has 1 aliphatic heterocycles. The molecule has 1 atom stereocenters. The Labute approximate surface area is 118 Å². The molecule has 1 aliphatic rings. The number of amides is 1. The topological polar surface area (TPSA) is 88.3 Å². The van der Waals surface area contributed by atoms with Gasteiger partial charge in [0.05, 0.1) is 12.1 Å². The maximum atomic E-state index is 14.0. The van der Waals surface area contributed by atoms with Gasteiger partial charge in [0.2, 0.25) is 5.67 Å². The highest BCUT2D eigenvalue weighted by Gasteiger charge is 2.47. The number of halogens is 1. The molecule has 0 saturated carbocycles. The summed E-state index contributed by atoms with van der Waals surface area (Å²) in [6.45, 7) is -0.347. The average molecular weight is 292 g/mol. The van der Waals surface area contributed by atoms with E-state index in [1.165, 1.54) is 4.90 Å². The molecule has 2 aromatic rings. The first-order valence-electron chi connectivity index (χ1n) is 6.42. The lowest BCUT2D eigenvalue weighted by atomic mass is 10.1. The first-order valence-corrected chi connectivity index (χ1v) is 6.42. The Morgan fingerprint density at radius 1 is 1.43 bits per heavy atom. The van der Waals surface area contributed by atoms with Gasteiger partial charge in [0.15, 0.2) is 0 Å². The fraction of sp³-hybridized carbons (Fsp3) is 0.385. The molecule has 0 aliphatic carbocycles. The Kier molecular flexibility index (Phi) is 2.89. The number of nitrogens with zero attached hydrogens (tertiary/aromatic N) is 4. The highest BCUT2D eigenvalue weighted by molar-refractivity contribution is 5.98. The van der Waals surface area contributed by atoms with E-state index in [4.69, 9.17) is 5.11 Å². The van der Waals surface area contributed by atoms with Crippen LogP contribution in [0, 0.1) is 0 Å². The van der Waals surface area contributed by atoms with Gasteiger partial charge >= 0.3 is 5.97 Å². The molecule has 0 bridgehead atoms. The highest BCUT2D eigenvalue weighted by Crippen LogP contribution is 2.27. The zero-order chi connectivity index (χ0) is 15.2. The fourth-order valence-electron chi connectivity index (χ4n) is 2.48. The number of rotatable bonds is 2. The number of fused-ring (bicyclic) bond motifs is 1. The Bertz CT molecular complexity index is 744. The minimum absolute atomic E-state index is 0.0835. The molecule has 7 nitrogen and oxygen atoms in total. The van der Waals surface area contributed by atoms with Gasteiger partial charge < -0.3 is 10.0 Å². The third-order valence-electron chi connectivity index (χ3n) is 3.75. The SMILES string of the molecule is Cn1nnc2cc(C(=O)N3CCC(F)(C(=O)O)C3)ccc21. The predicted molar refractivity (Wildman–Crippen MR) is 70.5 cm³/mol. The number of benzene rings is 1. The number of likely N-dealkylation sites (tertiary alicyclic amines) is 1. The van der Waals surface area contributed by atoms with Crippen LogP contribution >= 0.6 is 0 Å². The fourth-order valence-corrected chi connectivity index (χ4v) is 2.48. The number of hydrogen-bond donors (Lipinski definition) is 1. The summed E-state index contributed by atoms with van der Waals surface area (Å²) in [4.78, 5) is 24.4. The number of carboxylic acid groups (broad SMARTS) is 1. The summed E-state index contributed by atoms with van der Waals surface area (Å²) in [6, 6.07) is 4.88. The number of aryl methyl sites for hydroxylation is 1. The number of carboxylic acids is 1. The van der Waals surface area contributed by atoms with Gasteiger partial charge in [-0.15, -0.1) is 5.10 Å². The molecule has 0 spiro atoms. The summed E-state index contributed by atoms with van der Waals surface area (Å²) in [5.41, 5.74) is -0.671. The van der Waals surface area contributed by atoms with Crippen LogP contribution in [0.15, 0.2) is 18.2 Å². The van der Waals surface area contributed by atoms with Gasteiger partial charge in [-0.2, -0.15) is 0 Å². The van der Waals surface area contributed by atoms with Crippen molar-refractivity contribution >= 4 is 22.9 Å². The first kappa shape index (κ1) is 13.5. The van der Waals surface area contributed by atoms with Gasteiger partial charge in [-0.25, -0.2) is 13.9 Å². The van der Waals surface area contributed by atoms with Gasteiger partial charge in [-0.1, -0.05) is 5.21 Å². The first-order chi connectivity index (χ1) is 9.90. The van der Waals surface area contributed by atoms with E-state index in [9.17, 15) is 14.0 Å². The number of carbonyl (C=O) groups excluding carboxylic acids is 1. The van der Waals surface area contributed by atoms with Crippen LogP contribution in [0.3, 0.4) is 0 Å². The maximum Gasteiger partial charge on any atom is 0.343 e. The minimum Gasteiger partial charge on any atom is -0.479 e. The van der Waals surface area contributed by atoms with Crippen molar-refractivity contribution in [3.05, 3.63) is 23.8 Å². The monoisotopic (exact) mass is 292 g/mol. The van der Waals surface area contributed by atoms with E-state index < -0.39 is 24.1 Å². The van der Waals surface area contributed by atoms with Gasteiger partial charge in [0, 0.05) is 25.6 Å². The zero-order valence-corrected chi connectivity index (χ0v) is 11.3. The van der Waals surface area contributed by atoms with Crippen molar-refractivity contribution in [1.29, 1.82) is 0 Å². The Morgan fingerprint density at radius 3 is 2.86 bits per heavy atom. The van der Waals surface area contributed by atoms with Crippen LogP contribution in [0.1, 0.15) is 16.8 Å². The third-order valence-corrected chi connectivity index (χ3v) is 3.75. The zero-order valence-electron chi connectivity index (χ0n) is 11.3. The lowest BCUT2D eigenvalue weighted by molar-refractivity contribution is -0.149. The molecule has 0 radical (unpaired) electrons. The number of carbonyl (C=O) groups is 2. The maximum absolute atomic E-state index is 14.0. The minimum atomic E-state index is -2.35. The molecule has 8 heteroatoms. The van der Waals surface area contributed by atoms with Crippen molar-refractivity contribution in [3.8, 4) is 0 Å². The van der Waals surface area contributed by atoms with Crippen molar-refractivity contribution in [2.75, 3.05) is 13.1 Å². The molecule has 110 valence electrons. The highest BCUT2D eigenvalue weighted by atomic mass is 19.1. The lowest BCUT2D eigenvalue weighted by Crippen LogP contribution is -2.38. The van der Waals surface area contributed by atoms with E-state index in [0.29, 0.717) is 11.1 Å². The van der Waals surface area contributed by atoms with Gasteiger partial charge in [-0.05, 0) is 18.2 Å². The van der Waals surface area contributed by atoms with Gasteiger partial charge in [0.1, 0.15) is 5.52 Å². The van der Waals surface area contributed by atoms with E-state index >= 15 is 0 Å². The van der Waals surface area contributed by atoms with Crippen LogP contribution in [0.2, 0.25) is 0 Å². The van der Waals surface area contributed by atoms with Crippen molar-refractivity contribution < 1.29 is 19.1 Å². The van der Waals surface area contributed by atoms with Gasteiger partial charge in [0.25, 0.3) is 5.91 Å². The molecule has 1 unspecified atom stereocenters. The van der Waals surface area contributed by atoms with Gasteiger partial charge in [-0.3, -0.25) is 4.79 Å². The Balaban J connectivity index is 1.86. The van der Waals surface area contributed by atoms with Crippen LogP contribution in [0.5, 0.6) is 0 Å². The smallest absolute Gasteiger partial charge is 0.343 e. The third kappa shape index (κ3) is 2.12. The molecule has 1 aromatic carbocycles. The van der Waals surface area contributed by atoms with Crippen LogP contribution in [0.4, 0.5) is 4.39 Å². The second-order valence-electron chi connectivity index (χ2n) is 5.16. The molecular weight excluding hydrogens is 279 g/mol. The van der Waals surface area contributed by atoms with Crippen LogP contribution in [0.25, 0.3) is 11.0 Å². The Hall–Kier alpha value is -2.51. The lowest BCUT2D eigenvalue weighted by Gasteiger charge is -2.17. The summed E-state index contributed by atoms with van der Waals surface area (Å²) >= 11 is 0. The van der Waals surface area contributed by atoms with E-state index in [1.807, 2.05) is 0 Å². The molecule has 1 amide bonds. The summed E-state index contributed by atoms with van der Waals surface area (Å²) in [7, 11) is 1.74. The van der Waals surface area contributed by atoms with E-state index in [1.54, 1.807) is 29.9 Å². The molecule has 2 heterocycles. The summed E-state index contributed by atoms with van der Waals surface area (Å²) < 4.78 is 15.6. The molecule has 21 heavy (non-hydrogen) atoms. The normalized spacial score (nSPS) is 21.9. The standard InChI is InChI=1S/C13H13FN4O3/c1-17-10-3-2-8(6-9(10)15-16-17)11(19)18-5-4-13(14,7-18)12(20)21/h2-3,6H,4-5,7H2,1H3,(H,20,21). The predicted octanol–water partition coefficient (Wildman–Crippen LogP) is 0.607.